The van der Waals surface area contributed by atoms with Crippen molar-refractivity contribution in [2.75, 3.05) is 20.2 Å². The van der Waals surface area contributed by atoms with Gasteiger partial charge in [-0.3, -0.25) is 0 Å². The monoisotopic (exact) mass is 238 g/mol. The van der Waals surface area contributed by atoms with Gasteiger partial charge in [-0.25, -0.2) is 4.98 Å². The zero-order valence-corrected chi connectivity index (χ0v) is 10.4. The van der Waals surface area contributed by atoms with Gasteiger partial charge >= 0.3 is 0 Å². The summed E-state index contributed by atoms with van der Waals surface area (Å²) in [7, 11) is 2.11. The Bertz CT molecular complexity index is 384. The van der Waals surface area contributed by atoms with Crippen LogP contribution >= 0.6 is 0 Å². The number of rotatable bonds is 4. The van der Waals surface area contributed by atoms with E-state index in [9.17, 15) is 4.39 Å². The highest BCUT2D eigenvalue weighted by atomic mass is 19.1. The summed E-state index contributed by atoms with van der Waals surface area (Å²) in [5, 5.41) is 0. The van der Waals surface area contributed by atoms with E-state index in [2.05, 4.69) is 16.9 Å². The van der Waals surface area contributed by atoms with Crippen LogP contribution in [-0.2, 0) is 6.42 Å². The number of hydrogen-bond acceptors (Lipinski definition) is 3. The van der Waals surface area contributed by atoms with Gasteiger partial charge in [-0.2, -0.15) is 4.39 Å². The fraction of sp³-hybridized carbons (Fsp3) is 0.615. The van der Waals surface area contributed by atoms with Crippen LogP contribution < -0.4 is 4.74 Å². The lowest BCUT2D eigenvalue weighted by Gasteiger charge is -2.19. The minimum atomic E-state index is -0.391. The maximum absolute atomic E-state index is 13.2. The minimum absolute atomic E-state index is 0.391. The molecule has 1 atom stereocenters. The molecule has 2 heterocycles. The molecule has 2 rings (SSSR count). The van der Waals surface area contributed by atoms with E-state index < -0.39 is 5.95 Å². The molecule has 0 spiro atoms. The Morgan fingerprint density at radius 2 is 2.41 bits per heavy atom. The topological polar surface area (TPSA) is 25.4 Å². The molecule has 0 amide bonds. The van der Waals surface area contributed by atoms with Crippen LogP contribution in [0.4, 0.5) is 4.39 Å². The first-order valence-electron chi connectivity index (χ1n) is 6.18. The molecule has 17 heavy (non-hydrogen) atoms. The third kappa shape index (κ3) is 2.94. The summed E-state index contributed by atoms with van der Waals surface area (Å²) in [5.74, 6) is 0.279. The van der Waals surface area contributed by atoms with Crippen LogP contribution in [0.3, 0.4) is 0 Å². The molecular weight excluding hydrogens is 219 g/mol. The van der Waals surface area contributed by atoms with Crippen molar-refractivity contribution in [3.63, 3.8) is 0 Å². The SMILES string of the molecule is CCc1cc(OC[C@H]2CCCN2C)cnc1F. The molecule has 0 unspecified atom stereocenters. The zero-order chi connectivity index (χ0) is 12.3. The third-order valence-electron chi connectivity index (χ3n) is 3.38. The number of likely N-dealkylation sites (tertiary alicyclic amines) is 1. The molecule has 0 N–H and O–H groups in total. The molecule has 0 bridgehead atoms. The third-order valence-corrected chi connectivity index (χ3v) is 3.38. The fourth-order valence-corrected chi connectivity index (χ4v) is 2.18. The molecule has 0 aromatic carbocycles. The quantitative estimate of drug-likeness (QED) is 0.752. The molecule has 0 radical (unpaired) electrons. The first-order chi connectivity index (χ1) is 8.20. The summed E-state index contributed by atoms with van der Waals surface area (Å²) in [6, 6.07) is 2.22. The molecule has 4 heteroatoms. The van der Waals surface area contributed by atoms with E-state index in [1.165, 1.54) is 19.0 Å². The number of halogens is 1. The predicted molar refractivity (Wildman–Crippen MR) is 64.7 cm³/mol. The van der Waals surface area contributed by atoms with Gasteiger partial charge in [0, 0.05) is 11.6 Å². The van der Waals surface area contributed by atoms with Crippen molar-refractivity contribution in [3.05, 3.63) is 23.8 Å². The standard InChI is InChI=1S/C13H19FN2O/c1-3-10-7-12(8-15-13(10)14)17-9-11-5-4-6-16(11)2/h7-8,11H,3-6,9H2,1-2H3/t11-/m1/s1. The van der Waals surface area contributed by atoms with Gasteiger partial charge in [0.05, 0.1) is 6.20 Å². The van der Waals surface area contributed by atoms with Crippen molar-refractivity contribution in [3.8, 4) is 5.75 Å². The number of hydrogen-bond donors (Lipinski definition) is 0. The fourth-order valence-electron chi connectivity index (χ4n) is 2.18. The van der Waals surface area contributed by atoms with E-state index in [4.69, 9.17) is 4.74 Å². The minimum Gasteiger partial charge on any atom is -0.490 e. The summed E-state index contributed by atoms with van der Waals surface area (Å²) < 4.78 is 18.9. The van der Waals surface area contributed by atoms with E-state index >= 15 is 0 Å². The summed E-state index contributed by atoms with van der Waals surface area (Å²) in [4.78, 5) is 6.01. The van der Waals surface area contributed by atoms with Gasteiger partial charge in [0.1, 0.15) is 12.4 Å². The lowest BCUT2D eigenvalue weighted by atomic mass is 10.2. The van der Waals surface area contributed by atoms with E-state index in [-0.39, 0.29) is 0 Å². The van der Waals surface area contributed by atoms with Crippen molar-refractivity contribution in [1.82, 2.24) is 9.88 Å². The Morgan fingerprint density at radius 3 is 3.06 bits per heavy atom. The lowest BCUT2D eigenvalue weighted by molar-refractivity contribution is 0.197. The molecule has 94 valence electrons. The highest BCUT2D eigenvalue weighted by Gasteiger charge is 2.21. The molecule has 0 saturated carbocycles. The second kappa shape index (κ2) is 5.45. The zero-order valence-electron chi connectivity index (χ0n) is 10.4. The average Bonchev–Trinajstić information content (AvgIpc) is 2.74. The van der Waals surface area contributed by atoms with Gasteiger partial charge in [-0.15, -0.1) is 0 Å². The Morgan fingerprint density at radius 1 is 1.59 bits per heavy atom. The van der Waals surface area contributed by atoms with Gasteiger partial charge in [0.25, 0.3) is 0 Å². The van der Waals surface area contributed by atoms with Gasteiger partial charge in [0.2, 0.25) is 5.95 Å². The Kier molecular flexibility index (Phi) is 3.94. The van der Waals surface area contributed by atoms with Crippen LogP contribution in [0.15, 0.2) is 12.3 Å². The largest absolute Gasteiger partial charge is 0.490 e. The molecule has 1 saturated heterocycles. The molecule has 1 aromatic heterocycles. The Labute approximate surface area is 102 Å². The summed E-state index contributed by atoms with van der Waals surface area (Å²) in [6.45, 7) is 3.71. The summed E-state index contributed by atoms with van der Waals surface area (Å²) in [6.07, 6.45) is 4.50. The van der Waals surface area contributed by atoms with Crippen LogP contribution in [0.25, 0.3) is 0 Å². The second-order valence-electron chi connectivity index (χ2n) is 4.56. The van der Waals surface area contributed by atoms with Crippen molar-refractivity contribution in [2.24, 2.45) is 0 Å². The van der Waals surface area contributed by atoms with Crippen LogP contribution in [0.5, 0.6) is 5.75 Å². The molecule has 1 aromatic rings. The van der Waals surface area contributed by atoms with Crippen molar-refractivity contribution in [1.29, 1.82) is 0 Å². The normalized spacial score (nSPS) is 20.8. The van der Waals surface area contributed by atoms with Crippen LogP contribution in [0.2, 0.25) is 0 Å². The van der Waals surface area contributed by atoms with Crippen molar-refractivity contribution < 1.29 is 9.13 Å². The van der Waals surface area contributed by atoms with Crippen LogP contribution in [0, 0.1) is 5.95 Å². The van der Waals surface area contributed by atoms with Crippen molar-refractivity contribution >= 4 is 0 Å². The molecule has 0 aliphatic carbocycles. The number of nitrogens with zero attached hydrogens (tertiary/aromatic N) is 2. The van der Waals surface area contributed by atoms with Crippen molar-refractivity contribution in [2.45, 2.75) is 32.2 Å². The van der Waals surface area contributed by atoms with Crippen LogP contribution in [0.1, 0.15) is 25.3 Å². The van der Waals surface area contributed by atoms with Gasteiger partial charge in [-0.05, 0) is 38.9 Å². The maximum atomic E-state index is 13.2. The highest BCUT2D eigenvalue weighted by Crippen LogP contribution is 2.18. The second-order valence-corrected chi connectivity index (χ2v) is 4.56. The van der Waals surface area contributed by atoms with E-state index in [0.29, 0.717) is 30.4 Å². The molecule has 1 aliphatic rings. The van der Waals surface area contributed by atoms with E-state index in [0.717, 1.165) is 6.54 Å². The molecule has 1 fully saturated rings. The summed E-state index contributed by atoms with van der Waals surface area (Å²) in [5.41, 5.74) is 0.613. The van der Waals surface area contributed by atoms with E-state index in [1.54, 1.807) is 6.07 Å². The number of pyridine rings is 1. The molecule has 1 aliphatic heterocycles. The summed E-state index contributed by atoms with van der Waals surface area (Å²) >= 11 is 0. The molecule has 3 nitrogen and oxygen atoms in total. The van der Waals surface area contributed by atoms with Gasteiger partial charge in [0.15, 0.2) is 0 Å². The number of aryl methyl sites for hydroxylation is 1. The van der Waals surface area contributed by atoms with Gasteiger partial charge < -0.3 is 9.64 Å². The Balaban J connectivity index is 1.94. The highest BCUT2D eigenvalue weighted by molar-refractivity contribution is 5.24. The van der Waals surface area contributed by atoms with Crippen LogP contribution in [-0.4, -0.2) is 36.1 Å². The van der Waals surface area contributed by atoms with Gasteiger partial charge in [-0.1, -0.05) is 6.92 Å². The lowest BCUT2D eigenvalue weighted by Crippen LogP contribution is -2.30. The number of ether oxygens (including phenoxy) is 1. The smallest absolute Gasteiger partial charge is 0.216 e. The average molecular weight is 238 g/mol. The maximum Gasteiger partial charge on any atom is 0.216 e. The predicted octanol–water partition coefficient (Wildman–Crippen LogP) is 2.26. The number of aromatic nitrogens is 1. The first kappa shape index (κ1) is 12.3. The number of likely N-dealkylation sites (N-methyl/N-ethyl adjacent to an activating group) is 1. The van der Waals surface area contributed by atoms with E-state index in [1.807, 2.05) is 6.92 Å². The molecular formula is C13H19FN2O. The first-order valence-corrected chi connectivity index (χ1v) is 6.18. The Hall–Kier alpha value is -1.16.